The Kier molecular flexibility index (Phi) is 6.06. The third-order valence-electron chi connectivity index (χ3n) is 2.37. The van der Waals surface area contributed by atoms with Crippen molar-refractivity contribution in [3.05, 3.63) is 38.9 Å². The van der Waals surface area contributed by atoms with Crippen LogP contribution in [0, 0.1) is 10.1 Å². The second-order valence-electron chi connectivity index (χ2n) is 3.90. The van der Waals surface area contributed by atoms with E-state index in [0.29, 0.717) is 0 Å². The van der Waals surface area contributed by atoms with Gasteiger partial charge in [0.15, 0.2) is 0 Å². The maximum Gasteiger partial charge on any atom is 0.270 e. The maximum absolute atomic E-state index is 13.2. The van der Waals surface area contributed by atoms with Crippen LogP contribution in [0.5, 0.6) is 0 Å². The van der Waals surface area contributed by atoms with Gasteiger partial charge in [0.2, 0.25) is 0 Å². The fourth-order valence-corrected chi connectivity index (χ4v) is 2.32. The molecule has 0 radical (unpaired) electrons. The molecular formula is C11H10ClF2IN2O3. The molecule has 0 aliphatic heterocycles. The van der Waals surface area contributed by atoms with Crippen molar-refractivity contribution in [2.45, 2.75) is 12.3 Å². The molecule has 0 heterocycles. The molecule has 0 aliphatic rings. The van der Waals surface area contributed by atoms with Gasteiger partial charge < -0.3 is 5.32 Å². The van der Waals surface area contributed by atoms with Gasteiger partial charge in [-0.25, -0.2) is 8.78 Å². The molecule has 9 heteroatoms. The van der Waals surface area contributed by atoms with E-state index < -0.39 is 23.3 Å². The number of nitro groups is 1. The van der Waals surface area contributed by atoms with Crippen LogP contribution in [0.25, 0.3) is 0 Å². The summed E-state index contributed by atoms with van der Waals surface area (Å²) in [5, 5.41) is 12.6. The average molecular weight is 419 g/mol. The molecule has 20 heavy (non-hydrogen) atoms. The van der Waals surface area contributed by atoms with E-state index in [1.165, 1.54) is 6.07 Å². The Morgan fingerprint density at radius 1 is 1.50 bits per heavy atom. The molecule has 0 fully saturated rings. The van der Waals surface area contributed by atoms with Crippen LogP contribution in [0.3, 0.4) is 0 Å². The maximum atomic E-state index is 13.2. The van der Waals surface area contributed by atoms with Gasteiger partial charge in [-0.2, -0.15) is 0 Å². The van der Waals surface area contributed by atoms with E-state index in [4.69, 9.17) is 11.6 Å². The van der Waals surface area contributed by atoms with Crippen molar-refractivity contribution >= 4 is 45.8 Å². The number of nitro benzene ring substituents is 1. The molecule has 110 valence electrons. The fourth-order valence-electron chi connectivity index (χ4n) is 1.33. The first-order valence-corrected chi connectivity index (χ1v) is 7.33. The summed E-state index contributed by atoms with van der Waals surface area (Å²) in [7, 11) is 0. The first-order chi connectivity index (χ1) is 9.26. The summed E-state index contributed by atoms with van der Waals surface area (Å²) in [6.07, 6.45) is -0.365. The minimum absolute atomic E-state index is 0.0368. The lowest BCUT2D eigenvalue weighted by Crippen LogP contribution is -2.37. The van der Waals surface area contributed by atoms with Crippen molar-refractivity contribution in [2.24, 2.45) is 0 Å². The SMILES string of the molecule is O=C(NCC(F)(F)CCI)c1cc([N+](=O)[O-])ccc1Cl. The predicted molar refractivity (Wildman–Crippen MR) is 78.9 cm³/mol. The van der Waals surface area contributed by atoms with Crippen LogP contribution in [0.2, 0.25) is 5.02 Å². The van der Waals surface area contributed by atoms with E-state index in [1.807, 2.05) is 27.9 Å². The summed E-state index contributed by atoms with van der Waals surface area (Å²) in [5.74, 6) is -3.89. The number of nitrogens with zero attached hydrogens (tertiary/aromatic N) is 1. The Balaban J connectivity index is 2.82. The number of carbonyl (C=O) groups is 1. The number of amides is 1. The third-order valence-corrected chi connectivity index (χ3v) is 3.24. The number of halogens is 4. The highest BCUT2D eigenvalue weighted by atomic mass is 127. The monoisotopic (exact) mass is 418 g/mol. The highest BCUT2D eigenvalue weighted by Crippen LogP contribution is 2.23. The molecule has 0 saturated carbocycles. The average Bonchev–Trinajstić information content (AvgIpc) is 2.36. The molecule has 1 rings (SSSR count). The van der Waals surface area contributed by atoms with Crippen LogP contribution in [0.4, 0.5) is 14.5 Å². The van der Waals surface area contributed by atoms with Crippen LogP contribution < -0.4 is 5.32 Å². The Hall–Kier alpha value is -1.03. The lowest BCUT2D eigenvalue weighted by atomic mass is 10.1. The van der Waals surface area contributed by atoms with Crippen LogP contribution in [-0.4, -0.2) is 27.7 Å². The van der Waals surface area contributed by atoms with Gasteiger partial charge in [0.25, 0.3) is 17.5 Å². The van der Waals surface area contributed by atoms with E-state index in [9.17, 15) is 23.7 Å². The van der Waals surface area contributed by atoms with Crippen LogP contribution >= 0.6 is 34.2 Å². The molecule has 0 unspecified atom stereocenters. The number of carbonyl (C=O) groups excluding carboxylic acids is 1. The molecule has 0 spiro atoms. The number of rotatable bonds is 6. The Labute approximate surface area is 132 Å². The van der Waals surface area contributed by atoms with Crippen molar-refractivity contribution < 1.29 is 18.5 Å². The second-order valence-corrected chi connectivity index (χ2v) is 5.38. The third kappa shape index (κ3) is 4.82. The molecule has 1 aromatic carbocycles. The van der Waals surface area contributed by atoms with Gasteiger partial charge in [-0.05, 0) is 6.07 Å². The quantitative estimate of drug-likeness (QED) is 0.333. The minimum Gasteiger partial charge on any atom is -0.346 e. The largest absolute Gasteiger partial charge is 0.346 e. The summed E-state index contributed by atoms with van der Waals surface area (Å²) in [6.45, 7) is -0.839. The first-order valence-electron chi connectivity index (χ1n) is 5.43. The van der Waals surface area contributed by atoms with E-state index in [0.717, 1.165) is 12.1 Å². The zero-order valence-electron chi connectivity index (χ0n) is 10.0. The lowest BCUT2D eigenvalue weighted by molar-refractivity contribution is -0.384. The lowest BCUT2D eigenvalue weighted by Gasteiger charge is -2.15. The molecule has 0 aliphatic carbocycles. The molecule has 1 aromatic rings. The zero-order chi connectivity index (χ0) is 15.3. The molecular weight excluding hydrogens is 408 g/mol. The smallest absolute Gasteiger partial charge is 0.270 e. The summed E-state index contributed by atoms with van der Waals surface area (Å²) in [4.78, 5) is 21.6. The van der Waals surface area contributed by atoms with E-state index >= 15 is 0 Å². The number of hydrogen-bond donors (Lipinski definition) is 1. The minimum atomic E-state index is -3.02. The number of non-ortho nitro benzene ring substituents is 1. The number of alkyl halides is 3. The van der Waals surface area contributed by atoms with Crippen LogP contribution in [0.15, 0.2) is 18.2 Å². The first kappa shape index (κ1) is 17.0. The zero-order valence-corrected chi connectivity index (χ0v) is 13.0. The molecule has 0 bridgehead atoms. The molecule has 0 aromatic heterocycles. The van der Waals surface area contributed by atoms with Crippen LogP contribution in [-0.2, 0) is 0 Å². The number of nitrogens with one attached hydrogen (secondary N) is 1. The molecule has 1 N–H and O–H groups in total. The Morgan fingerprint density at radius 2 is 2.15 bits per heavy atom. The van der Waals surface area contributed by atoms with Crippen molar-refractivity contribution in [1.82, 2.24) is 5.32 Å². The highest BCUT2D eigenvalue weighted by Gasteiger charge is 2.29. The predicted octanol–water partition coefficient (Wildman–Crippen LogP) is 3.44. The normalized spacial score (nSPS) is 11.2. The molecule has 0 saturated heterocycles. The van der Waals surface area contributed by atoms with E-state index in [1.54, 1.807) is 0 Å². The van der Waals surface area contributed by atoms with Crippen molar-refractivity contribution in [3.63, 3.8) is 0 Å². The van der Waals surface area contributed by atoms with Crippen molar-refractivity contribution in [3.8, 4) is 0 Å². The number of hydrogen-bond acceptors (Lipinski definition) is 3. The molecule has 0 atom stereocenters. The summed E-state index contributed by atoms with van der Waals surface area (Å²) < 4.78 is 26.7. The number of benzene rings is 1. The molecule has 5 nitrogen and oxygen atoms in total. The topological polar surface area (TPSA) is 72.2 Å². The fraction of sp³-hybridized carbons (Fsp3) is 0.364. The van der Waals surface area contributed by atoms with Gasteiger partial charge in [0, 0.05) is 23.0 Å². The van der Waals surface area contributed by atoms with Crippen molar-refractivity contribution in [2.75, 3.05) is 11.0 Å². The standard InChI is InChI=1S/C11H10ClF2IN2O3/c12-9-2-1-7(17(19)20)5-8(9)10(18)16-6-11(13,14)3-4-15/h1-2,5H,3-4,6H2,(H,16,18). The second kappa shape index (κ2) is 7.11. The molecule has 1 amide bonds. The van der Waals surface area contributed by atoms with Gasteiger partial charge in [-0.1, -0.05) is 34.2 Å². The van der Waals surface area contributed by atoms with E-state index in [-0.39, 0.29) is 27.1 Å². The van der Waals surface area contributed by atoms with Gasteiger partial charge in [0.05, 0.1) is 22.1 Å². The summed E-state index contributed by atoms with van der Waals surface area (Å²) in [5.41, 5.74) is -0.537. The van der Waals surface area contributed by atoms with Gasteiger partial charge in [-0.15, -0.1) is 0 Å². The van der Waals surface area contributed by atoms with Gasteiger partial charge >= 0.3 is 0 Å². The van der Waals surface area contributed by atoms with Gasteiger partial charge in [0.1, 0.15) is 0 Å². The van der Waals surface area contributed by atoms with Crippen molar-refractivity contribution in [1.29, 1.82) is 0 Å². The van der Waals surface area contributed by atoms with Gasteiger partial charge in [-0.3, -0.25) is 14.9 Å². The highest BCUT2D eigenvalue weighted by molar-refractivity contribution is 14.1. The Morgan fingerprint density at radius 3 is 2.70 bits per heavy atom. The van der Waals surface area contributed by atoms with E-state index in [2.05, 4.69) is 0 Å². The summed E-state index contributed by atoms with van der Waals surface area (Å²) in [6, 6.07) is 3.26. The Bertz CT molecular complexity index is 528. The summed E-state index contributed by atoms with van der Waals surface area (Å²) >= 11 is 7.54. The van der Waals surface area contributed by atoms with Crippen LogP contribution in [0.1, 0.15) is 16.8 Å².